The van der Waals surface area contributed by atoms with E-state index in [0.717, 1.165) is 19.0 Å². The molecule has 1 aliphatic heterocycles. The first-order valence-corrected chi connectivity index (χ1v) is 6.91. The molecular weight excluding hydrogens is 198 g/mol. The van der Waals surface area contributed by atoms with Crippen LogP contribution in [-0.4, -0.2) is 23.9 Å². The molecule has 1 amide bonds. The van der Waals surface area contributed by atoms with Crippen LogP contribution in [0.5, 0.6) is 0 Å². The lowest BCUT2D eigenvalue weighted by Gasteiger charge is -2.45. The first-order chi connectivity index (χ1) is 7.65. The van der Waals surface area contributed by atoms with Gasteiger partial charge in [-0.2, -0.15) is 0 Å². The minimum atomic E-state index is 0.261. The Morgan fingerprint density at radius 2 is 1.75 bits per heavy atom. The number of likely N-dealkylation sites (tertiary alicyclic amines) is 1. The van der Waals surface area contributed by atoms with Gasteiger partial charge >= 0.3 is 0 Å². The van der Waals surface area contributed by atoms with E-state index in [1.54, 1.807) is 6.92 Å². The average Bonchev–Trinajstić information content (AvgIpc) is 2.31. The van der Waals surface area contributed by atoms with Crippen molar-refractivity contribution in [2.45, 2.75) is 58.8 Å². The van der Waals surface area contributed by atoms with Crippen molar-refractivity contribution >= 4 is 5.91 Å². The molecule has 1 heterocycles. The molecule has 2 nitrogen and oxygen atoms in total. The van der Waals surface area contributed by atoms with Crippen molar-refractivity contribution in [3.05, 3.63) is 0 Å². The SMILES string of the molecule is CCC1CCC2(CC1)CCN(C(C)=O)CC2. The number of carbonyl (C=O) groups is 1. The lowest BCUT2D eigenvalue weighted by molar-refractivity contribution is -0.131. The molecule has 0 aromatic rings. The van der Waals surface area contributed by atoms with Gasteiger partial charge in [0.05, 0.1) is 0 Å². The molecule has 1 aliphatic carbocycles. The van der Waals surface area contributed by atoms with Gasteiger partial charge < -0.3 is 4.90 Å². The van der Waals surface area contributed by atoms with Gasteiger partial charge in [-0.1, -0.05) is 13.3 Å². The van der Waals surface area contributed by atoms with Crippen molar-refractivity contribution in [2.75, 3.05) is 13.1 Å². The predicted octanol–water partition coefficient (Wildman–Crippen LogP) is 3.22. The Hall–Kier alpha value is -0.530. The molecule has 0 bridgehead atoms. The third-order valence-corrected chi connectivity index (χ3v) is 5.01. The molecule has 0 N–H and O–H groups in total. The third-order valence-electron chi connectivity index (χ3n) is 5.01. The summed E-state index contributed by atoms with van der Waals surface area (Å²) in [6.07, 6.45) is 9.54. The van der Waals surface area contributed by atoms with Gasteiger partial charge in [0.15, 0.2) is 0 Å². The maximum atomic E-state index is 11.3. The highest BCUT2D eigenvalue weighted by Gasteiger charge is 2.37. The van der Waals surface area contributed by atoms with Gasteiger partial charge in [0.1, 0.15) is 0 Å². The summed E-state index contributed by atoms with van der Waals surface area (Å²) in [5.41, 5.74) is 0.609. The Kier molecular flexibility index (Phi) is 3.56. The summed E-state index contributed by atoms with van der Waals surface area (Å²) < 4.78 is 0. The van der Waals surface area contributed by atoms with Crippen molar-refractivity contribution < 1.29 is 4.79 Å². The highest BCUT2D eigenvalue weighted by Crippen LogP contribution is 2.46. The van der Waals surface area contributed by atoms with E-state index < -0.39 is 0 Å². The number of hydrogen-bond acceptors (Lipinski definition) is 1. The highest BCUT2D eigenvalue weighted by molar-refractivity contribution is 5.73. The first kappa shape index (κ1) is 11.9. The predicted molar refractivity (Wildman–Crippen MR) is 66.2 cm³/mol. The van der Waals surface area contributed by atoms with Gasteiger partial charge in [0.2, 0.25) is 5.91 Å². The molecule has 1 spiro atoms. The Bertz CT molecular complexity index is 243. The molecule has 2 aliphatic rings. The van der Waals surface area contributed by atoms with Crippen molar-refractivity contribution in [2.24, 2.45) is 11.3 Å². The summed E-state index contributed by atoms with van der Waals surface area (Å²) in [7, 11) is 0. The van der Waals surface area contributed by atoms with E-state index in [9.17, 15) is 4.79 Å². The topological polar surface area (TPSA) is 20.3 Å². The zero-order valence-corrected chi connectivity index (χ0v) is 10.8. The second-order valence-electron chi connectivity index (χ2n) is 5.86. The fourth-order valence-electron chi connectivity index (χ4n) is 3.49. The summed E-state index contributed by atoms with van der Waals surface area (Å²) >= 11 is 0. The fourth-order valence-corrected chi connectivity index (χ4v) is 3.49. The molecule has 0 radical (unpaired) electrons. The van der Waals surface area contributed by atoms with Crippen LogP contribution in [-0.2, 0) is 4.79 Å². The number of hydrogen-bond donors (Lipinski definition) is 0. The average molecular weight is 223 g/mol. The summed E-state index contributed by atoms with van der Waals surface area (Å²) in [5, 5.41) is 0. The lowest BCUT2D eigenvalue weighted by Crippen LogP contribution is -2.43. The van der Waals surface area contributed by atoms with E-state index >= 15 is 0 Å². The molecule has 1 saturated carbocycles. The summed E-state index contributed by atoms with van der Waals surface area (Å²) in [4.78, 5) is 13.3. The van der Waals surface area contributed by atoms with Crippen LogP contribution >= 0.6 is 0 Å². The van der Waals surface area contributed by atoms with Gasteiger partial charge in [-0.25, -0.2) is 0 Å². The Morgan fingerprint density at radius 3 is 2.19 bits per heavy atom. The molecule has 16 heavy (non-hydrogen) atoms. The molecule has 0 unspecified atom stereocenters. The quantitative estimate of drug-likeness (QED) is 0.668. The normalized spacial score (nSPS) is 26.0. The smallest absolute Gasteiger partial charge is 0.219 e. The zero-order chi connectivity index (χ0) is 11.6. The van der Waals surface area contributed by atoms with Crippen LogP contribution in [0.4, 0.5) is 0 Å². The van der Waals surface area contributed by atoms with Crippen molar-refractivity contribution in [3.63, 3.8) is 0 Å². The van der Waals surface area contributed by atoms with Crippen LogP contribution < -0.4 is 0 Å². The molecular formula is C14H25NO. The van der Waals surface area contributed by atoms with E-state index in [2.05, 4.69) is 6.92 Å². The number of amides is 1. The standard InChI is InChI=1S/C14H25NO/c1-3-13-4-6-14(7-5-13)8-10-15(11-9-14)12(2)16/h13H,3-11H2,1-2H3. The van der Waals surface area contributed by atoms with Crippen LogP contribution in [0.1, 0.15) is 58.8 Å². The van der Waals surface area contributed by atoms with Crippen molar-refractivity contribution in [1.29, 1.82) is 0 Å². The molecule has 92 valence electrons. The molecule has 0 aromatic carbocycles. The van der Waals surface area contributed by atoms with Crippen LogP contribution in [0.3, 0.4) is 0 Å². The Balaban J connectivity index is 1.86. The van der Waals surface area contributed by atoms with Crippen LogP contribution in [0.2, 0.25) is 0 Å². The van der Waals surface area contributed by atoms with E-state index in [1.165, 1.54) is 44.9 Å². The van der Waals surface area contributed by atoms with Crippen LogP contribution in [0.25, 0.3) is 0 Å². The Labute approximate surface area is 99.4 Å². The van der Waals surface area contributed by atoms with Gasteiger partial charge in [-0.05, 0) is 49.9 Å². The number of nitrogens with zero attached hydrogens (tertiary/aromatic N) is 1. The molecule has 1 saturated heterocycles. The maximum Gasteiger partial charge on any atom is 0.219 e. The highest BCUT2D eigenvalue weighted by atomic mass is 16.2. The number of carbonyl (C=O) groups excluding carboxylic acids is 1. The van der Waals surface area contributed by atoms with E-state index in [1.807, 2.05) is 4.90 Å². The van der Waals surface area contributed by atoms with Crippen LogP contribution in [0, 0.1) is 11.3 Å². The maximum absolute atomic E-state index is 11.3. The molecule has 2 rings (SSSR count). The van der Waals surface area contributed by atoms with E-state index in [-0.39, 0.29) is 5.91 Å². The minimum Gasteiger partial charge on any atom is -0.343 e. The van der Waals surface area contributed by atoms with Gasteiger partial charge in [0, 0.05) is 20.0 Å². The van der Waals surface area contributed by atoms with Gasteiger partial charge in [-0.3, -0.25) is 4.79 Å². The van der Waals surface area contributed by atoms with E-state index in [4.69, 9.17) is 0 Å². The molecule has 0 atom stereocenters. The summed E-state index contributed by atoms with van der Waals surface area (Å²) in [6, 6.07) is 0. The second kappa shape index (κ2) is 4.77. The van der Waals surface area contributed by atoms with Crippen molar-refractivity contribution in [3.8, 4) is 0 Å². The largest absolute Gasteiger partial charge is 0.343 e. The van der Waals surface area contributed by atoms with E-state index in [0.29, 0.717) is 5.41 Å². The first-order valence-electron chi connectivity index (χ1n) is 6.91. The monoisotopic (exact) mass is 223 g/mol. The third kappa shape index (κ3) is 2.41. The lowest BCUT2D eigenvalue weighted by atomic mass is 9.65. The zero-order valence-electron chi connectivity index (χ0n) is 10.8. The second-order valence-corrected chi connectivity index (χ2v) is 5.86. The van der Waals surface area contributed by atoms with Crippen LogP contribution in [0.15, 0.2) is 0 Å². The fraction of sp³-hybridized carbons (Fsp3) is 0.929. The molecule has 2 fully saturated rings. The molecule has 2 heteroatoms. The van der Waals surface area contributed by atoms with Gasteiger partial charge in [-0.15, -0.1) is 0 Å². The number of piperidine rings is 1. The molecule has 0 aromatic heterocycles. The Morgan fingerprint density at radius 1 is 1.19 bits per heavy atom. The van der Waals surface area contributed by atoms with Crippen molar-refractivity contribution in [1.82, 2.24) is 4.90 Å². The summed E-state index contributed by atoms with van der Waals surface area (Å²) in [6.45, 7) is 6.03. The minimum absolute atomic E-state index is 0.261. The summed E-state index contributed by atoms with van der Waals surface area (Å²) in [5.74, 6) is 1.24. The van der Waals surface area contributed by atoms with Gasteiger partial charge in [0.25, 0.3) is 0 Å². The number of rotatable bonds is 1.